The second kappa shape index (κ2) is 5.64. The summed E-state index contributed by atoms with van der Waals surface area (Å²) in [6.07, 6.45) is 4.55. The van der Waals surface area contributed by atoms with Gasteiger partial charge in [0.25, 0.3) is 0 Å². The fourth-order valence-electron chi connectivity index (χ4n) is 1.33. The van der Waals surface area contributed by atoms with Gasteiger partial charge in [-0.3, -0.25) is 4.79 Å². The van der Waals surface area contributed by atoms with Gasteiger partial charge in [0.1, 0.15) is 11.6 Å². The Bertz CT molecular complexity index is 577. The molecule has 0 aliphatic heterocycles. The lowest BCUT2D eigenvalue weighted by Crippen LogP contribution is -2.09. The van der Waals surface area contributed by atoms with Gasteiger partial charge >= 0.3 is 0 Å². The number of amides is 1. The molecule has 1 amide bonds. The van der Waals surface area contributed by atoms with E-state index in [1.54, 1.807) is 30.5 Å². The van der Waals surface area contributed by atoms with E-state index in [1.807, 2.05) is 13.0 Å². The summed E-state index contributed by atoms with van der Waals surface area (Å²) in [5, 5.41) is 2.67. The zero-order valence-corrected chi connectivity index (χ0v) is 11.3. The number of hydrogen-bond donors (Lipinski definition) is 1. The van der Waals surface area contributed by atoms with Crippen molar-refractivity contribution in [3.63, 3.8) is 0 Å². The Balaban J connectivity index is 2.01. The van der Waals surface area contributed by atoms with Crippen LogP contribution in [0.3, 0.4) is 0 Å². The number of halogens is 1. The van der Waals surface area contributed by atoms with Gasteiger partial charge in [-0.25, -0.2) is 4.98 Å². The van der Waals surface area contributed by atoms with Gasteiger partial charge in [0.15, 0.2) is 0 Å². The summed E-state index contributed by atoms with van der Waals surface area (Å²) in [5.41, 5.74) is 0.822. The van der Waals surface area contributed by atoms with Crippen molar-refractivity contribution >= 4 is 33.7 Å². The fourth-order valence-corrected chi connectivity index (χ4v) is 1.55. The summed E-state index contributed by atoms with van der Waals surface area (Å²) < 4.78 is 5.99. The summed E-state index contributed by atoms with van der Waals surface area (Å²) >= 11 is 3.35. The summed E-state index contributed by atoms with van der Waals surface area (Å²) in [4.78, 5) is 15.8. The van der Waals surface area contributed by atoms with Gasteiger partial charge in [0.05, 0.1) is 12.0 Å². The number of hydrogen-bond acceptors (Lipinski definition) is 3. The number of aromatic nitrogens is 1. The van der Waals surface area contributed by atoms with E-state index in [1.165, 1.54) is 6.08 Å². The van der Waals surface area contributed by atoms with E-state index in [-0.39, 0.29) is 5.91 Å². The molecule has 92 valence electrons. The zero-order chi connectivity index (χ0) is 13.0. The van der Waals surface area contributed by atoms with Crippen LogP contribution in [0.2, 0.25) is 0 Å². The van der Waals surface area contributed by atoms with E-state index in [4.69, 9.17) is 4.42 Å². The van der Waals surface area contributed by atoms with Crippen LogP contribution < -0.4 is 5.32 Å². The maximum atomic E-state index is 11.6. The minimum Gasteiger partial charge on any atom is -0.465 e. The van der Waals surface area contributed by atoms with Crippen molar-refractivity contribution in [3.8, 4) is 0 Å². The van der Waals surface area contributed by atoms with E-state index in [9.17, 15) is 4.79 Å². The Labute approximate surface area is 113 Å². The molecule has 0 saturated heterocycles. The number of rotatable bonds is 3. The van der Waals surface area contributed by atoms with Gasteiger partial charge in [-0.2, -0.15) is 0 Å². The van der Waals surface area contributed by atoms with E-state index in [2.05, 4.69) is 26.2 Å². The van der Waals surface area contributed by atoms with Crippen molar-refractivity contribution in [2.75, 3.05) is 5.32 Å². The molecule has 0 saturated carbocycles. The molecule has 5 heteroatoms. The number of anilines is 1. The summed E-state index contributed by atoms with van der Waals surface area (Å²) in [6, 6.07) is 7.10. The first-order valence-corrected chi connectivity index (χ1v) is 6.10. The Hall–Kier alpha value is -1.88. The van der Waals surface area contributed by atoms with Crippen molar-refractivity contribution in [2.24, 2.45) is 0 Å². The summed E-state index contributed by atoms with van der Waals surface area (Å²) in [7, 11) is 0. The first-order valence-electron chi connectivity index (χ1n) is 5.31. The van der Waals surface area contributed by atoms with Crippen LogP contribution in [0.25, 0.3) is 6.08 Å². The number of nitrogens with one attached hydrogen (secondary N) is 1. The van der Waals surface area contributed by atoms with Gasteiger partial charge < -0.3 is 9.73 Å². The lowest BCUT2D eigenvalue weighted by atomic mass is 10.3. The highest BCUT2D eigenvalue weighted by Gasteiger charge is 2.02. The smallest absolute Gasteiger partial charge is 0.249 e. The topological polar surface area (TPSA) is 55.1 Å². The number of carbonyl (C=O) groups is 1. The van der Waals surface area contributed by atoms with Gasteiger partial charge in [-0.1, -0.05) is 0 Å². The molecular formula is C13H11BrN2O2. The Morgan fingerprint density at radius 2 is 2.28 bits per heavy atom. The summed E-state index contributed by atoms with van der Waals surface area (Å²) in [5.74, 6) is 0.899. The average molecular weight is 307 g/mol. The van der Waals surface area contributed by atoms with Crippen LogP contribution in [0.1, 0.15) is 11.5 Å². The van der Waals surface area contributed by atoms with Crippen LogP contribution >= 0.6 is 15.9 Å². The highest BCUT2D eigenvalue weighted by molar-refractivity contribution is 9.10. The predicted molar refractivity (Wildman–Crippen MR) is 73.0 cm³/mol. The van der Waals surface area contributed by atoms with Gasteiger partial charge in [0, 0.05) is 10.5 Å². The van der Waals surface area contributed by atoms with E-state index in [0.717, 1.165) is 10.2 Å². The molecule has 2 aromatic heterocycles. The highest BCUT2D eigenvalue weighted by Crippen LogP contribution is 2.16. The van der Waals surface area contributed by atoms with Gasteiger partial charge in [-0.05, 0) is 53.2 Å². The molecule has 4 nitrogen and oxygen atoms in total. The monoisotopic (exact) mass is 306 g/mol. The quantitative estimate of drug-likeness (QED) is 0.884. The molecule has 0 aliphatic rings. The molecule has 2 rings (SSSR count). The molecule has 2 heterocycles. The third-order valence-electron chi connectivity index (χ3n) is 2.21. The van der Waals surface area contributed by atoms with E-state index >= 15 is 0 Å². The van der Waals surface area contributed by atoms with Crippen molar-refractivity contribution in [1.29, 1.82) is 0 Å². The van der Waals surface area contributed by atoms with E-state index < -0.39 is 0 Å². The standard InChI is InChI=1S/C13H11BrN2O2/c1-9-11(14)5-6-12(15-9)16-13(17)7-4-10-3-2-8-18-10/h2-8H,1H3,(H,15,16,17). The SMILES string of the molecule is Cc1nc(NC(=O)C=Cc2ccco2)ccc1Br. The lowest BCUT2D eigenvalue weighted by molar-refractivity contribution is -0.111. The van der Waals surface area contributed by atoms with Gasteiger partial charge in [-0.15, -0.1) is 0 Å². The first-order chi connectivity index (χ1) is 8.65. The molecule has 0 unspecified atom stereocenters. The molecule has 0 atom stereocenters. The molecular weight excluding hydrogens is 296 g/mol. The molecule has 0 radical (unpaired) electrons. The molecule has 0 fully saturated rings. The number of nitrogens with zero attached hydrogens (tertiary/aromatic N) is 1. The zero-order valence-electron chi connectivity index (χ0n) is 9.68. The number of pyridine rings is 1. The Morgan fingerprint density at radius 3 is 2.94 bits per heavy atom. The molecule has 18 heavy (non-hydrogen) atoms. The minimum absolute atomic E-state index is 0.249. The average Bonchev–Trinajstić information content (AvgIpc) is 2.84. The maximum absolute atomic E-state index is 11.6. The normalized spacial score (nSPS) is 10.8. The second-order valence-corrected chi connectivity index (χ2v) is 4.46. The third-order valence-corrected chi connectivity index (χ3v) is 3.05. The van der Waals surface area contributed by atoms with Crippen LogP contribution in [0, 0.1) is 6.92 Å². The van der Waals surface area contributed by atoms with E-state index in [0.29, 0.717) is 11.6 Å². The second-order valence-electron chi connectivity index (χ2n) is 3.60. The summed E-state index contributed by atoms with van der Waals surface area (Å²) in [6.45, 7) is 1.86. The number of carbonyl (C=O) groups excluding carboxylic acids is 1. The lowest BCUT2D eigenvalue weighted by Gasteiger charge is -2.03. The Morgan fingerprint density at radius 1 is 1.44 bits per heavy atom. The number of furan rings is 1. The molecule has 0 aliphatic carbocycles. The van der Waals surface area contributed by atoms with Gasteiger partial charge in [0.2, 0.25) is 5.91 Å². The molecule has 2 aromatic rings. The first kappa shape index (κ1) is 12.6. The van der Waals surface area contributed by atoms with Crippen LogP contribution in [-0.2, 0) is 4.79 Å². The Kier molecular flexibility index (Phi) is 3.94. The predicted octanol–water partition coefficient (Wildman–Crippen LogP) is 3.40. The fraction of sp³-hybridized carbons (Fsp3) is 0.0769. The highest BCUT2D eigenvalue weighted by atomic mass is 79.9. The van der Waals surface area contributed by atoms with Crippen molar-refractivity contribution in [2.45, 2.75) is 6.92 Å². The van der Waals surface area contributed by atoms with Crippen molar-refractivity contribution in [1.82, 2.24) is 4.98 Å². The minimum atomic E-state index is -0.249. The molecule has 1 N–H and O–H groups in total. The molecule has 0 bridgehead atoms. The van der Waals surface area contributed by atoms with Crippen molar-refractivity contribution < 1.29 is 9.21 Å². The van der Waals surface area contributed by atoms with Crippen LogP contribution in [-0.4, -0.2) is 10.9 Å². The third kappa shape index (κ3) is 3.30. The maximum Gasteiger partial charge on any atom is 0.249 e. The molecule has 0 spiro atoms. The van der Waals surface area contributed by atoms with Crippen LogP contribution in [0.5, 0.6) is 0 Å². The molecule has 0 aromatic carbocycles. The van der Waals surface area contributed by atoms with Crippen molar-refractivity contribution in [3.05, 3.63) is 52.5 Å². The largest absolute Gasteiger partial charge is 0.465 e. The number of aryl methyl sites for hydroxylation is 1. The van der Waals surface area contributed by atoms with Crippen LogP contribution in [0.15, 0.2) is 45.5 Å². The van der Waals surface area contributed by atoms with Crippen LogP contribution in [0.4, 0.5) is 5.82 Å².